The van der Waals surface area contributed by atoms with Crippen LogP contribution in [0.5, 0.6) is 0 Å². The largest absolute Gasteiger partial charge is 0.434 e. The van der Waals surface area contributed by atoms with Gasteiger partial charge in [0.25, 0.3) is 0 Å². The summed E-state index contributed by atoms with van der Waals surface area (Å²) >= 11 is 0. The first-order valence-electron chi connectivity index (χ1n) is 6.21. The standard InChI is InChI=1S/C13H10F5N3/c14-7-2-1-3-8(15)11(7)9-4-5-21-6-10(13(16,17)18)20-12(21)19-9/h1-3,6,9H,4-5H2,(H,19,20). The smallest absolute Gasteiger partial charge is 0.349 e. The van der Waals surface area contributed by atoms with Crippen molar-refractivity contribution in [3.8, 4) is 0 Å². The molecule has 1 N–H and O–H groups in total. The van der Waals surface area contributed by atoms with E-state index in [0.29, 0.717) is 0 Å². The zero-order valence-corrected chi connectivity index (χ0v) is 10.6. The second-order valence-corrected chi connectivity index (χ2v) is 4.76. The van der Waals surface area contributed by atoms with Crippen LogP contribution in [0.2, 0.25) is 0 Å². The second-order valence-electron chi connectivity index (χ2n) is 4.76. The Labute approximate surface area is 116 Å². The van der Waals surface area contributed by atoms with Crippen LogP contribution in [0.1, 0.15) is 23.7 Å². The number of alkyl halides is 3. The number of nitrogens with zero attached hydrogens (tertiary/aromatic N) is 2. The maximum atomic E-state index is 13.7. The zero-order valence-electron chi connectivity index (χ0n) is 10.6. The lowest BCUT2D eigenvalue weighted by Crippen LogP contribution is -2.23. The highest BCUT2D eigenvalue weighted by atomic mass is 19.4. The number of aryl methyl sites for hydroxylation is 1. The summed E-state index contributed by atoms with van der Waals surface area (Å²) in [5.74, 6) is -1.51. The quantitative estimate of drug-likeness (QED) is 0.813. The molecule has 0 fully saturated rings. The van der Waals surface area contributed by atoms with Crippen LogP contribution in [0.15, 0.2) is 24.4 Å². The molecule has 0 radical (unpaired) electrons. The molecule has 1 aromatic carbocycles. The van der Waals surface area contributed by atoms with Gasteiger partial charge in [0.2, 0.25) is 5.95 Å². The van der Waals surface area contributed by atoms with Crippen molar-refractivity contribution in [2.45, 2.75) is 25.2 Å². The number of anilines is 1. The third kappa shape index (κ3) is 2.45. The SMILES string of the molecule is Fc1cccc(F)c1C1CCn2cc(C(F)(F)F)nc2N1. The Morgan fingerprint density at radius 1 is 1.19 bits per heavy atom. The van der Waals surface area contributed by atoms with Gasteiger partial charge in [0.05, 0.1) is 6.04 Å². The lowest BCUT2D eigenvalue weighted by molar-refractivity contribution is -0.140. The lowest BCUT2D eigenvalue weighted by atomic mass is 10.0. The average Bonchev–Trinajstić information content (AvgIpc) is 2.81. The van der Waals surface area contributed by atoms with E-state index < -0.39 is 29.5 Å². The van der Waals surface area contributed by atoms with Crippen LogP contribution >= 0.6 is 0 Å². The maximum Gasteiger partial charge on any atom is 0.434 e. The molecule has 0 bridgehead atoms. The van der Waals surface area contributed by atoms with E-state index in [9.17, 15) is 22.0 Å². The minimum Gasteiger partial charge on any atom is -0.349 e. The van der Waals surface area contributed by atoms with Crippen molar-refractivity contribution in [1.82, 2.24) is 9.55 Å². The van der Waals surface area contributed by atoms with Crippen molar-refractivity contribution in [3.05, 3.63) is 47.3 Å². The maximum absolute atomic E-state index is 13.7. The predicted octanol–water partition coefficient (Wildman–Crippen LogP) is 3.74. The highest BCUT2D eigenvalue weighted by Crippen LogP contribution is 2.35. The summed E-state index contributed by atoms with van der Waals surface area (Å²) in [6, 6.07) is 2.71. The first-order chi connectivity index (χ1) is 9.86. The molecular formula is C13H10F5N3. The molecule has 112 valence electrons. The number of fused-ring (bicyclic) bond motifs is 1. The predicted molar refractivity (Wildman–Crippen MR) is 64.6 cm³/mol. The third-order valence-electron chi connectivity index (χ3n) is 3.38. The molecule has 0 spiro atoms. The van der Waals surface area contributed by atoms with Gasteiger partial charge in [0.1, 0.15) is 11.6 Å². The van der Waals surface area contributed by atoms with Crippen LogP contribution in [0.25, 0.3) is 0 Å². The fourth-order valence-corrected chi connectivity index (χ4v) is 2.39. The van der Waals surface area contributed by atoms with Gasteiger partial charge in [-0.05, 0) is 18.6 Å². The van der Waals surface area contributed by atoms with Crippen LogP contribution in [-0.4, -0.2) is 9.55 Å². The number of halogens is 5. The van der Waals surface area contributed by atoms with Crippen LogP contribution in [0.3, 0.4) is 0 Å². The number of nitrogens with one attached hydrogen (secondary N) is 1. The van der Waals surface area contributed by atoms with E-state index in [0.717, 1.165) is 18.3 Å². The summed E-state index contributed by atoms with van der Waals surface area (Å²) in [7, 11) is 0. The van der Waals surface area contributed by atoms with E-state index in [4.69, 9.17) is 0 Å². The molecule has 1 aromatic heterocycles. The number of benzene rings is 1. The van der Waals surface area contributed by atoms with Crippen LogP contribution in [0.4, 0.5) is 27.9 Å². The number of aromatic nitrogens is 2. The molecule has 0 aliphatic carbocycles. The van der Waals surface area contributed by atoms with Gasteiger partial charge in [0, 0.05) is 18.3 Å². The molecule has 2 heterocycles. The third-order valence-corrected chi connectivity index (χ3v) is 3.38. The zero-order chi connectivity index (χ0) is 15.2. The minimum atomic E-state index is -4.55. The Morgan fingerprint density at radius 2 is 1.86 bits per heavy atom. The van der Waals surface area contributed by atoms with Gasteiger partial charge in [-0.15, -0.1) is 0 Å². The van der Waals surface area contributed by atoms with Crippen molar-refractivity contribution in [3.63, 3.8) is 0 Å². The second kappa shape index (κ2) is 4.71. The summed E-state index contributed by atoms with van der Waals surface area (Å²) in [6.07, 6.45) is -3.40. The fourth-order valence-electron chi connectivity index (χ4n) is 2.39. The molecule has 1 atom stereocenters. The summed E-state index contributed by atoms with van der Waals surface area (Å²) in [5, 5.41) is 2.66. The molecule has 21 heavy (non-hydrogen) atoms. The van der Waals surface area contributed by atoms with Gasteiger partial charge >= 0.3 is 6.18 Å². The topological polar surface area (TPSA) is 29.9 Å². The molecule has 1 unspecified atom stereocenters. The molecule has 0 amide bonds. The van der Waals surface area contributed by atoms with Crippen LogP contribution < -0.4 is 5.32 Å². The van der Waals surface area contributed by atoms with Crippen LogP contribution in [0, 0.1) is 11.6 Å². The van der Waals surface area contributed by atoms with Crippen molar-refractivity contribution >= 4 is 5.95 Å². The highest BCUT2D eigenvalue weighted by Gasteiger charge is 2.36. The molecule has 0 saturated heterocycles. The van der Waals surface area contributed by atoms with E-state index >= 15 is 0 Å². The summed E-state index contributed by atoms with van der Waals surface area (Å²) in [4.78, 5) is 3.44. The molecule has 1 aliphatic rings. The lowest BCUT2D eigenvalue weighted by Gasteiger charge is -2.26. The number of hydrogen-bond donors (Lipinski definition) is 1. The first kappa shape index (κ1) is 13.8. The summed E-state index contributed by atoms with van der Waals surface area (Å²) in [5.41, 5.74) is -1.21. The van der Waals surface area contributed by atoms with Gasteiger partial charge < -0.3 is 9.88 Å². The molecule has 1 aliphatic heterocycles. The Balaban J connectivity index is 1.93. The monoisotopic (exact) mass is 303 g/mol. The molecule has 0 saturated carbocycles. The Kier molecular flexibility index (Phi) is 3.11. The van der Waals surface area contributed by atoms with Crippen molar-refractivity contribution in [1.29, 1.82) is 0 Å². The van der Waals surface area contributed by atoms with E-state index in [1.165, 1.54) is 10.6 Å². The van der Waals surface area contributed by atoms with E-state index in [1.807, 2.05) is 0 Å². The molecule has 3 nitrogen and oxygen atoms in total. The Morgan fingerprint density at radius 3 is 2.48 bits per heavy atom. The molecule has 3 rings (SSSR count). The van der Waals surface area contributed by atoms with Crippen LogP contribution in [-0.2, 0) is 12.7 Å². The molecule has 2 aromatic rings. The normalized spacial score (nSPS) is 18.2. The Bertz CT molecular complexity index is 657. The van der Waals surface area contributed by atoms with Gasteiger partial charge in [0.15, 0.2) is 5.69 Å². The van der Waals surface area contributed by atoms with Gasteiger partial charge in [-0.2, -0.15) is 13.2 Å². The van der Waals surface area contributed by atoms with Crippen molar-refractivity contribution in [2.75, 3.05) is 5.32 Å². The highest BCUT2D eigenvalue weighted by molar-refractivity contribution is 5.38. The first-order valence-corrected chi connectivity index (χ1v) is 6.21. The average molecular weight is 303 g/mol. The van der Waals surface area contributed by atoms with E-state index in [2.05, 4.69) is 10.3 Å². The van der Waals surface area contributed by atoms with Crippen molar-refractivity contribution in [2.24, 2.45) is 0 Å². The summed E-state index contributed by atoms with van der Waals surface area (Å²) < 4.78 is 66.5. The Hall–Kier alpha value is -2.12. The van der Waals surface area contributed by atoms with Gasteiger partial charge in [-0.1, -0.05) is 6.07 Å². The molecular weight excluding hydrogens is 293 g/mol. The van der Waals surface area contributed by atoms with Crippen molar-refractivity contribution < 1.29 is 22.0 Å². The number of rotatable bonds is 1. The number of hydrogen-bond acceptors (Lipinski definition) is 2. The minimum absolute atomic E-state index is 0.0405. The van der Waals surface area contributed by atoms with E-state index in [1.54, 1.807) is 0 Å². The van der Waals surface area contributed by atoms with E-state index in [-0.39, 0.29) is 24.5 Å². The summed E-state index contributed by atoms with van der Waals surface area (Å²) in [6.45, 7) is 0.198. The van der Waals surface area contributed by atoms with Gasteiger partial charge in [-0.25, -0.2) is 13.8 Å². The van der Waals surface area contributed by atoms with Gasteiger partial charge in [-0.3, -0.25) is 0 Å². The number of imidazole rings is 1. The molecule has 8 heteroatoms. The fraction of sp³-hybridized carbons (Fsp3) is 0.308.